The first-order valence-corrected chi connectivity index (χ1v) is 14.7. The van der Waals surface area contributed by atoms with Gasteiger partial charge in [-0.15, -0.1) is 0 Å². The van der Waals surface area contributed by atoms with Crippen molar-refractivity contribution in [3.05, 3.63) is 12.2 Å². The van der Waals surface area contributed by atoms with Crippen LogP contribution in [0.5, 0.6) is 0 Å². The maximum Gasteiger partial charge on any atom is 0.303 e. The molecule has 6 rings (SSSR count). The summed E-state index contributed by atoms with van der Waals surface area (Å²) in [5, 5.41) is 0. The van der Waals surface area contributed by atoms with Crippen LogP contribution in [0.4, 0.5) is 0 Å². The second kappa shape index (κ2) is 7.17. The van der Waals surface area contributed by atoms with Gasteiger partial charge in [-0.2, -0.15) is 0 Å². The van der Waals surface area contributed by atoms with Crippen LogP contribution < -0.4 is 0 Å². The highest BCUT2D eigenvalue weighted by Gasteiger charge is 2.72. The average molecular weight is 483 g/mol. The van der Waals surface area contributed by atoms with Crippen LogP contribution in [0.3, 0.4) is 0 Å². The van der Waals surface area contributed by atoms with Gasteiger partial charge in [-0.3, -0.25) is 4.79 Å². The number of hydrogen-bond acceptors (Lipinski definition) is 3. The van der Waals surface area contributed by atoms with E-state index < -0.39 is 0 Å². The predicted molar refractivity (Wildman–Crippen MR) is 140 cm³/mol. The summed E-state index contributed by atoms with van der Waals surface area (Å²) in [6.07, 6.45) is 15.8. The van der Waals surface area contributed by atoms with Gasteiger partial charge in [0, 0.05) is 12.3 Å². The molecular weight excluding hydrogens is 432 g/mol. The Morgan fingerprint density at radius 2 is 1.57 bits per heavy atom. The number of ether oxygens (including phenoxy) is 2. The largest absolute Gasteiger partial charge is 0.458 e. The molecule has 4 saturated carbocycles. The van der Waals surface area contributed by atoms with E-state index in [4.69, 9.17) is 9.47 Å². The number of carbonyl (C=O) groups excluding carboxylic acids is 1. The summed E-state index contributed by atoms with van der Waals surface area (Å²) in [5.74, 6) is 2.62. The summed E-state index contributed by atoms with van der Waals surface area (Å²) in [6, 6.07) is 0. The summed E-state index contributed by atoms with van der Waals surface area (Å²) >= 11 is 0. The summed E-state index contributed by atoms with van der Waals surface area (Å²) < 4.78 is 12.6. The van der Waals surface area contributed by atoms with Crippen LogP contribution in [-0.4, -0.2) is 24.8 Å². The van der Waals surface area contributed by atoms with Crippen molar-refractivity contribution in [1.29, 1.82) is 0 Å². The van der Waals surface area contributed by atoms with Gasteiger partial charge in [0.2, 0.25) is 0 Å². The molecule has 0 unspecified atom stereocenters. The van der Waals surface area contributed by atoms with Crippen LogP contribution in [0.2, 0.25) is 0 Å². The van der Waals surface area contributed by atoms with E-state index in [9.17, 15) is 4.79 Å². The number of esters is 1. The van der Waals surface area contributed by atoms with Gasteiger partial charge in [0.25, 0.3) is 0 Å². The standard InChI is InChI=1S/C32H50O3/c1-20(33)35-24-12-13-29(6)22(28(24,4)5)11-14-31(8)23(29)10-9-21-25-26-27(2,3)15-17-32(25,19-34-26)18-16-30(21,31)7/h12-13,21-26H,9-11,14-19H2,1-8H3/t21-,22+,23-,24+,25+,26-,29+,30-,31-,32-/m1/s1. The molecule has 2 bridgehead atoms. The van der Waals surface area contributed by atoms with Crippen molar-refractivity contribution in [2.45, 2.75) is 119 Å². The minimum atomic E-state index is -0.159. The quantitative estimate of drug-likeness (QED) is 0.285. The molecule has 1 saturated heterocycles. The highest BCUT2D eigenvalue weighted by atomic mass is 16.5. The van der Waals surface area contributed by atoms with Gasteiger partial charge in [-0.05, 0) is 108 Å². The predicted octanol–water partition coefficient (Wildman–Crippen LogP) is 7.58. The van der Waals surface area contributed by atoms with E-state index in [2.05, 4.69) is 60.6 Å². The van der Waals surface area contributed by atoms with Crippen LogP contribution >= 0.6 is 0 Å². The normalized spacial score (nSPS) is 55.2. The molecule has 0 N–H and O–H groups in total. The van der Waals surface area contributed by atoms with Gasteiger partial charge in [-0.25, -0.2) is 0 Å². The lowest BCUT2D eigenvalue weighted by Crippen LogP contribution is -2.67. The molecule has 35 heavy (non-hydrogen) atoms. The molecule has 3 nitrogen and oxygen atoms in total. The fourth-order valence-electron chi connectivity index (χ4n) is 11.8. The third kappa shape index (κ3) is 2.91. The lowest BCUT2D eigenvalue weighted by Gasteiger charge is -2.72. The van der Waals surface area contributed by atoms with Crippen LogP contribution in [0.1, 0.15) is 107 Å². The molecule has 6 aliphatic rings. The molecule has 196 valence electrons. The van der Waals surface area contributed by atoms with Crippen LogP contribution in [0.25, 0.3) is 0 Å². The molecular formula is C32H50O3. The van der Waals surface area contributed by atoms with Gasteiger partial charge in [0.05, 0.1) is 12.7 Å². The fourth-order valence-corrected chi connectivity index (χ4v) is 11.8. The molecule has 3 heteroatoms. The Bertz CT molecular complexity index is 948. The number of rotatable bonds is 1. The summed E-state index contributed by atoms with van der Waals surface area (Å²) in [4.78, 5) is 11.9. The monoisotopic (exact) mass is 482 g/mol. The van der Waals surface area contributed by atoms with Crippen molar-refractivity contribution in [3.8, 4) is 0 Å². The Labute approximate surface area is 214 Å². The SMILES string of the molecule is CC(=O)O[C@H]1C=C[C@]2(C)[C@H]3CC[C@@H]4[C@H]5[C@H]6OC[C@@]5(CCC6(C)C)CC[C@@]4(C)[C@]3(C)CC[C@H]2C1(C)C. The van der Waals surface area contributed by atoms with Gasteiger partial charge in [-0.1, -0.05) is 54.5 Å². The highest BCUT2D eigenvalue weighted by Crippen LogP contribution is 2.77. The lowest BCUT2D eigenvalue weighted by molar-refractivity contribution is -0.232. The van der Waals surface area contributed by atoms with Gasteiger partial charge < -0.3 is 9.47 Å². The van der Waals surface area contributed by atoms with Crippen molar-refractivity contribution >= 4 is 5.97 Å². The molecule has 0 radical (unpaired) electrons. The molecule has 1 heterocycles. The van der Waals surface area contributed by atoms with Gasteiger partial charge in [0.15, 0.2) is 0 Å². The first-order chi connectivity index (χ1) is 16.2. The smallest absolute Gasteiger partial charge is 0.303 e. The molecule has 0 spiro atoms. The average Bonchev–Trinajstić information content (AvgIpc) is 3.10. The van der Waals surface area contributed by atoms with E-state index in [0.29, 0.717) is 39.6 Å². The Morgan fingerprint density at radius 1 is 0.857 bits per heavy atom. The maximum absolute atomic E-state index is 11.9. The van der Waals surface area contributed by atoms with Crippen molar-refractivity contribution in [3.63, 3.8) is 0 Å². The third-order valence-electron chi connectivity index (χ3n) is 13.9. The van der Waals surface area contributed by atoms with E-state index in [0.717, 1.165) is 18.4 Å². The summed E-state index contributed by atoms with van der Waals surface area (Å²) in [6.45, 7) is 20.2. The minimum absolute atomic E-state index is 0.0365. The molecule has 5 fully saturated rings. The lowest BCUT2D eigenvalue weighted by atomic mass is 9.32. The van der Waals surface area contributed by atoms with Crippen molar-refractivity contribution in [2.24, 2.45) is 56.2 Å². The van der Waals surface area contributed by atoms with Gasteiger partial charge in [0.1, 0.15) is 6.10 Å². The van der Waals surface area contributed by atoms with E-state index in [1.54, 1.807) is 6.92 Å². The Morgan fingerprint density at radius 3 is 2.29 bits per heavy atom. The first kappa shape index (κ1) is 24.5. The zero-order valence-electron chi connectivity index (χ0n) is 23.7. The molecule has 0 aromatic rings. The molecule has 1 aliphatic heterocycles. The van der Waals surface area contributed by atoms with Crippen LogP contribution in [-0.2, 0) is 14.3 Å². The van der Waals surface area contributed by atoms with Crippen molar-refractivity contribution < 1.29 is 14.3 Å². The van der Waals surface area contributed by atoms with Crippen molar-refractivity contribution in [1.82, 2.24) is 0 Å². The maximum atomic E-state index is 11.9. The minimum Gasteiger partial charge on any atom is -0.458 e. The second-order valence-electron chi connectivity index (χ2n) is 15.8. The van der Waals surface area contributed by atoms with Gasteiger partial charge >= 0.3 is 5.97 Å². The number of hydrogen-bond donors (Lipinski definition) is 0. The van der Waals surface area contributed by atoms with Crippen LogP contribution in [0, 0.1) is 56.2 Å². The Hall–Kier alpha value is -0.830. The first-order valence-electron chi connectivity index (χ1n) is 14.7. The molecule has 0 aromatic heterocycles. The third-order valence-corrected chi connectivity index (χ3v) is 13.9. The molecule has 5 aliphatic carbocycles. The second-order valence-corrected chi connectivity index (χ2v) is 15.8. The molecule has 10 atom stereocenters. The van der Waals surface area contributed by atoms with Crippen molar-refractivity contribution in [2.75, 3.05) is 6.61 Å². The molecule has 0 amide bonds. The van der Waals surface area contributed by atoms with E-state index in [1.807, 2.05) is 0 Å². The zero-order valence-corrected chi connectivity index (χ0v) is 23.7. The fraction of sp³-hybridized carbons (Fsp3) is 0.906. The topological polar surface area (TPSA) is 35.5 Å². The van der Waals surface area contributed by atoms with E-state index in [-0.39, 0.29) is 22.9 Å². The summed E-state index contributed by atoms with van der Waals surface area (Å²) in [7, 11) is 0. The zero-order chi connectivity index (χ0) is 25.2. The van der Waals surface area contributed by atoms with E-state index in [1.165, 1.54) is 51.4 Å². The highest BCUT2D eigenvalue weighted by molar-refractivity contribution is 5.66. The Balaban J connectivity index is 1.38. The number of allylic oxidation sites excluding steroid dienone is 1. The number of fused-ring (bicyclic) bond motifs is 5. The molecule has 0 aromatic carbocycles. The number of carbonyl (C=O) groups is 1. The van der Waals surface area contributed by atoms with E-state index >= 15 is 0 Å². The summed E-state index contributed by atoms with van der Waals surface area (Å²) in [5.41, 5.74) is 1.62. The van der Waals surface area contributed by atoms with Crippen LogP contribution in [0.15, 0.2) is 12.2 Å². The Kier molecular flexibility index (Phi) is 5.02.